The standard InChI is InChI=1S/C17H24FN3O2/c1-20(6-7-21-8-10-23-11-9-21)17(22)19-16-12-15(16)13-2-4-14(18)5-3-13/h2-5,15-16H,6-12H2,1H3,(H,19,22). The molecule has 126 valence electrons. The van der Waals surface area contributed by atoms with Crippen LogP contribution in [0.15, 0.2) is 24.3 Å². The fraction of sp³-hybridized carbons (Fsp3) is 0.588. The summed E-state index contributed by atoms with van der Waals surface area (Å²) in [6.45, 7) is 5.00. The molecule has 1 N–H and O–H groups in total. The number of ether oxygens (including phenoxy) is 1. The topological polar surface area (TPSA) is 44.8 Å². The molecule has 1 aromatic carbocycles. The van der Waals surface area contributed by atoms with Gasteiger partial charge in [0.15, 0.2) is 0 Å². The first-order valence-electron chi connectivity index (χ1n) is 8.20. The van der Waals surface area contributed by atoms with Crippen LogP contribution in [0.4, 0.5) is 9.18 Å². The van der Waals surface area contributed by atoms with Crippen LogP contribution in [0.2, 0.25) is 0 Å². The van der Waals surface area contributed by atoms with Crippen LogP contribution in [0.25, 0.3) is 0 Å². The fourth-order valence-electron chi connectivity index (χ4n) is 2.92. The third-order valence-electron chi connectivity index (χ3n) is 4.60. The minimum absolute atomic E-state index is 0.0344. The highest BCUT2D eigenvalue weighted by Crippen LogP contribution is 2.40. The Morgan fingerprint density at radius 3 is 2.74 bits per heavy atom. The Morgan fingerprint density at radius 1 is 1.35 bits per heavy atom. The summed E-state index contributed by atoms with van der Waals surface area (Å²) < 4.78 is 18.3. The molecule has 3 rings (SSSR count). The van der Waals surface area contributed by atoms with Gasteiger partial charge in [-0.15, -0.1) is 0 Å². The minimum atomic E-state index is -0.224. The van der Waals surface area contributed by atoms with Crippen molar-refractivity contribution in [3.05, 3.63) is 35.6 Å². The average Bonchev–Trinajstić information content (AvgIpc) is 3.33. The van der Waals surface area contributed by atoms with Crippen LogP contribution in [-0.4, -0.2) is 68.3 Å². The number of benzene rings is 1. The Balaban J connectivity index is 1.40. The van der Waals surface area contributed by atoms with Gasteiger partial charge in [0.25, 0.3) is 0 Å². The van der Waals surface area contributed by atoms with Crippen molar-refractivity contribution in [1.82, 2.24) is 15.1 Å². The second-order valence-corrected chi connectivity index (χ2v) is 6.33. The summed E-state index contributed by atoms with van der Waals surface area (Å²) >= 11 is 0. The smallest absolute Gasteiger partial charge is 0.317 e. The van der Waals surface area contributed by atoms with Crippen molar-refractivity contribution in [1.29, 1.82) is 0 Å². The van der Waals surface area contributed by atoms with Crippen LogP contribution in [0, 0.1) is 5.82 Å². The zero-order valence-corrected chi connectivity index (χ0v) is 13.5. The zero-order valence-electron chi connectivity index (χ0n) is 13.5. The van der Waals surface area contributed by atoms with Crippen LogP contribution in [0.5, 0.6) is 0 Å². The molecule has 2 fully saturated rings. The summed E-state index contributed by atoms with van der Waals surface area (Å²) in [4.78, 5) is 16.3. The molecule has 1 heterocycles. The first-order chi connectivity index (χ1) is 11.1. The van der Waals surface area contributed by atoms with Crippen LogP contribution in [0.1, 0.15) is 17.9 Å². The number of nitrogens with one attached hydrogen (secondary N) is 1. The van der Waals surface area contributed by atoms with Crippen molar-refractivity contribution in [2.45, 2.75) is 18.4 Å². The number of rotatable bonds is 5. The molecule has 1 aromatic rings. The molecule has 2 aliphatic rings. The van der Waals surface area contributed by atoms with Gasteiger partial charge in [0, 0.05) is 45.2 Å². The normalized spacial score (nSPS) is 24.3. The van der Waals surface area contributed by atoms with Gasteiger partial charge in [-0.2, -0.15) is 0 Å². The highest BCUT2D eigenvalue weighted by Gasteiger charge is 2.39. The summed E-state index contributed by atoms with van der Waals surface area (Å²) in [6, 6.07) is 6.68. The van der Waals surface area contributed by atoms with Gasteiger partial charge in [0.1, 0.15) is 5.82 Å². The third-order valence-corrected chi connectivity index (χ3v) is 4.60. The number of amides is 2. The van der Waals surface area contributed by atoms with Crippen molar-refractivity contribution >= 4 is 6.03 Å². The van der Waals surface area contributed by atoms with E-state index in [0.717, 1.165) is 44.8 Å². The van der Waals surface area contributed by atoms with E-state index in [1.54, 1.807) is 17.0 Å². The average molecular weight is 321 g/mol. The number of urea groups is 1. The molecular formula is C17H24FN3O2. The van der Waals surface area contributed by atoms with E-state index in [4.69, 9.17) is 4.74 Å². The van der Waals surface area contributed by atoms with Crippen molar-refractivity contribution in [3.8, 4) is 0 Å². The number of carbonyl (C=O) groups is 1. The maximum Gasteiger partial charge on any atom is 0.317 e. The summed E-state index contributed by atoms with van der Waals surface area (Å²) in [5.74, 6) is 0.0880. The molecule has 0 radical (unpaired) electrons. The Kier molecular flexibility index (Phi) is 5.13. The Labute approximate surface area is 136 Å². The number of carbonyl (C=O) groups excluding carboxylic acids is 1. The SMILES string of the molecule is CN(CCN1CCOCC1)C(=O)NC1CC1c1ccc(F)cc1. The van der Waals surface area contributed by atoms with E-state index in [9.17, 15) is 9.18 Å². The molecule has 2 atom stereocenters. The van der Waals surface area contributed by atoms with E-state index in [2.05, 4.69) is 10.2 Å². The van der Waals surface area contributed by atoms with E-state index in [-0.39, 0.29) is 17.9 Å². The van der Waals surface area contributed by atoms with E-state index in [1.165, 1.54) is 12.1 Å². The second-order valence-electron chi connectivity index (χ2n) is 6.33. The highest BCUT2D eigenvalue weighted by molar-refractivity contribution is 5.74. The molecule has 2 unspecified atom stereocenters. The van der Waals surface area contributed by atoms with Gasteiger partial charge in [-0.25, -0.2) is 9.18 Å². The van der Waals surface area contributed by atoms with Crippen LogP contribution in [0.3, 0.4) is 0 Å². The number of morpholine rings is 1. The molecular weight excluding hydrogens is 297 g/mol. The first-order valence-corrected chi connectivity index (χ1v) is 8.20. The highest BCUT2D eigenvalue weighted by atomic mass is 19.1. The van der Waals surface area contributed by atoms with Crippen molar-refractivity contribution in [2.75, 3.05) is 46.4 Å². The van der Waals surface area contributed by atoms with Crippen LogP contribution >= 0.6 is 0 Å². The molecule has 0 bridgehead atoms. The lowest BCUT2D eigenvalue weighted by atomic mass is 10.1. The number of hydrogen-bond donors (Lipinski definition) is 1. The van der Waals surface area contributed by atoms with Crippen molar-refractivity contribution in [2.24, 2.45) is 0 Å². The molecule has 2 amide bonds. The lowest BCUT2D eigenvalue weighted by molar-refractivity contribution is 0.0357. The van der Waals surface area contributed by atoms with E-state index in [1.807, 2.05) is 7.05 Å². The molecule has 1 saturated carbocycles. The van der Waals surface area contributed by atoms with E-state index < -0.39 is 0 Å². The lowest BCUT2D eigenvalue weighted by Crippen LogP contribution is -2.45. The van der Waals surface area contributed by atoms with Gasteiger partial charge >= 0.3 is 6.03 Å². The van der Waals surface area contributed by atoms with Gasteiger partial charge in [-0.3, -0.25) is 4.90 Å². The Morgan fingerprint density at radius 2 is 2.04 bits per heavy atom. The van der Waals surface area contributed by atoms with Gasteiger partial charge < -0.3 is 15.0 Å². The molecule has 23 heavy (non-hydrogen) atoms. The molecule has 1 aliphatic heterocycles. The number of nitrogens with zero attached hydrogens (tertiary/aromatic N) is 2. The van der Waals surface area contributed by atoms with E-state index >= 15 is 0 Å². The number of hydrogen-bond acceptors (Lipinski definition) is 3. The van der Waals surface area contributed by atoms with Crippen LogP contribution in [-0.2, 0) is 4.74 Å². The maximum absolute atomic E-state index is 12.9. The quantitative estimate of drug-likeness (QED) is 0.897. The summed E-state index contributed by atoms with van der Waals surface area (Å²) in [7, 11) is 1.82. The Bertz CT molecular complexity index is 531. The summed E-state index contributed by atoms with van der Waals surface area (Å²) in [5.41, 5.74) is 1.09. The second kappa shape index (κ2) is 7.27. The monoisotopic (exact) mass is 321 g/mol. The third kappa shape index (κ3) is 4.42. The van der Waals surface area contributed by atoms with Crippen LogP contribution < -0.4 is 5.32 Å². The largest absolute Gasteiger partial charge is 0.379 e. The molecule has 0 aromatic heterocycles. The Hall–Kier alpha value is -1.66. The summed E-state index contributed by atoms with van der Waals surface area (Å²) in [6.07, 6.45) is 0.925. The number of likely N-dealkylation sites (N-methyl/N-ethyl adjacent to an activating group) is 1. The van der Waals surface area contributed by atoms with Crippen molar-refractivity contribution in [3.63, 3.8) is 0 Å². The zero-order chi connectivity index (χ0) is 16.2. The van der Waals surface area contributed by atoms with Gasteiger partial charge in [-0.05, 0) is 24.1 Å². The molecule has 5 nitrogen and oxygen atoms in total. The number of halogens is 1. The first kappa shape index (κ1) is 16.2. The lowest BCUT2D eigenvalue weighted by Gasteiger charge is -2.28. The minimum Gasteiger partial charge on any atom is -0.379 e. The van der Waals surface area contributed by atoms with Gasteiger partial charge in [0.2, 0.25) is 0 Å². The molecule has 1 aliphatic carbocycles. The summed E-state index contributed by atoms with van der Waals surface area (Å²) in [5, 5.41) is 3.05. The van der Waals surface area contributed by atoms with Gasteiger partial charge in [0.05, 0.1) is 13.2 Å². The van der Waals surface area contributed by atoms with Gasteiger partial charge in [-0.1, -0.05) is 12.1 Å². The molecule has 6 heteroatoms. The van der Waals surface area contributed by atoms with E-state index in [0.29, 0.717) is 12.5 Å². The maximum atomic E-state index is 12.9. The fourth-order valence-corrected chi connectivity index (χ4v) is 2.92. The predicted molar refractivity (Wildman–Crippen MR) is 86.0 cm³/mol. The molecule has 1 saturated heterocycles. The van der Waals surface area contributed by atoms with Crippen molar-refractivity contribution < 1.29 is 13.9 Å². The predicted octanol–water partition coefficient (Wildman–Crippen LogP) is 1.66. The molecule has 0 spiro atoms.